The molecule has 2 aliphatic heterocycles. The van der Waals surface area contributed by atoms with Crippen molar-refractivity contribution in [3.63, 3.8) is 0 Å². The second-order valence-corrected chi connectivity index (χ2v) is 13.0. The third-order valence-corrected chi connectivity index (χ3v) is 9.65. The number of thiazole rings is 1. The minimum atomic E-state index is -0.684. The molecule has 2 aliphatic rings. The number of morpholine rings is 1. The lowest BCUT2D eigenvalue weighted by Gasteiger charge is -2.28. The SMILES string of the molecule is O=C(Nc1ccc(N2CCOCC2)cc1)c1ccc(-c2csc(C(=O)Nc3ccc(CN4CCS(=O)CC4)cc3)n2)cc1. The monoisotopic (exact) mass is 615 g/mol. The number of nitrogens with one attached hydrogen (secondary N) is 2. The Morgan fingerprint density at radius 1 is 0.814 bits per heavy atom. The zero-order valence-electron chi connectivity index (χ0n) is 23.7. The molecular formula is C32H33N5O4S2. The van der Waals surface area contributed by atoms with E-state index in [9.17, 15) is 13.8 Å². The van der Waals surface area contributed by atoms with Gasteiger partial charge in [-0.25, -0.2) is 4.98 Å². The first-order valence-corrected chi connectivity index (χ1v) is 16.6. The number of nitrogens with zero attached hydrogens (tertiary/aromatic N) is 3. The van der Waals surface area contributed by atoms with Crippen LogP contribution in [-0.4, -0.2) is 76.8 Å². The summed E-state index contributed by atoms with van der Waals surface area (Å²) in [5.74, 6) is 1.00. The van der Waals surface area contributed by atoms with Crippen LogP contribution in [0.4, 0.5) is 17.1 Å². The van der Waals surface area contributed by atoms with E-state index in [-0.39, 0.29) is 11.8 Å². The van der Waals surface area contributed by atoms with Crippen LogP contribution in [-0.2, 0) is 22.1 Å². The molecule has 2 N–H and O–H groups in total. The molecule has 9 nitrogen and oxygen atoms in total. The van der Waals surface area contributed by atoms with Crippen molar-refractivity contribution >= 4 is 51.0 Å². The van der Waals surface area contributed by atoms with Gasteiger partial charge >= 0.3 is 0 Å². The minimum Gasteiger partial charge on any atom is -0.378 e. The van der Waals surface area contributed by atoms with Crippen molar-refractivity contribution in [1.29, 1.82) is 0 Å². The van der Waals surface area contributed by atoms with Crippen molar-refractivity contribution in [2.75, 3.05) is 66.4 Å². The van der Waals surface area contributed by atoms with Crippen LogP contribution in [0, 0.1) is 0 Å². The Morgan fingerprint density at radius 2 is 1.44 bits per heavy atom. The van der Waals surface area contributed by atoms with Crippen LogP contribution >= 0.6 is 11.3 Å². The first-order chi connectivity index (χ1) is 21.0. The van der Waals surface area contributed by atoms with E-state index in [0.29, 0.717) is 22.0 Å². The van der Waals surface area contributed by atoms with Crippen molar-refractivity contribution in [3.05, 3.63) is 94.3 Å². The fourth-order valence-electron chi connectivity index (χ4n) is 5.05. The molecule has 2 saturated heterocycles. The van der Waals surface area contributed by atoms with Gasteiger partial charge in [0.2, 0.25) is 0 Å². The lowest BCUT2D eigenvalue weighted by molar-refractivity contribution is 0.101. The number of aromatic nitrogens is 1. The molecule has 3 aromatic carbocycles. The number of benzene rings is 3. The van der Waals surface area contributed by atoms with Gasteiger partial charge in [-0.1, -0.05) is 24.3 Å². The smallest absolute Gasteiger partial charge is 0.284 e. The van der Waals surface area contributed by atoms with Crippen LogP contribution in [0.3, 0.4) is 0 Å². The van der Waals surface area contributed by atoms with Gasteiger partial charge < -0.3 is 20.3 Å². The quantitative estimate of drug-likeness (QED) is 0.296. The zero-order chi connectivity index (χ0) is 29.6. The highest BCUT2D eigenvalue weighted by Gasteiger charge is 2.17. The highest BCUT2D eigenvalue weighted by molar-refractivity contribution is 7.85. The number of hydrogen-bond donors (Lipinski definition) is 2. The standard InChI is InChI=1S/C32H33N5O4S2/c38-30(33-27-9-11-28(12-10-27)37-13-17-41-18-14-37)25-5-3-24(4-6-25)29-22-42-32(35-29)31(39)34-26-7-1-23(2-8-26)21-36-15-19-43(40)20-16-36/h1-12,22H,13-21H2,(H,33,38)(H,34,39). The number of ether oxygens (including phenoxy) is 1. The molecule has 4 aromatic rings. The molecule has 43 heavy (non-hydrogen) atoms. The molecule has 0 unspecified atom stereocenters. The first kappa shape index (κ1) is 29.2. The van der Waals surface area contributed by atoms with E-state index >= 15 is 0 Å². The summed E-state index contributed by atoms with van der Waals surface area (Å²) in [6, 6.07) is 22.8. The van der Waals surface area contributed by atoms with E-state index < -0.39 is 10.8 Å². The van der Waals surface area contributed by atoms with Gasteiger partial charge in [-0.3, -0.25) is 18.7 Å². The fourth-order valence-corrected chi connectivity index (χ4v) is 6.90. The van der Waals surface area contributed by atoms with Gasteiger partial charge in [-0.15, -0.1) is 11.3 Å². The number of anilines is 3. The third kappa shape index (κ3) is 7.55. The van der Waals surface area contributed by atoms with Gasteiger partial charge in [0, 0.05) is 88.6 Å². The van der Waals surface area contributed by atoms with Crippen molar-refractivity contribution < 1.29 is 18.5 Å². The van der Waals surface area contributed by atoms with Gasteiger partial charge in [0.05, 0.1) is 18.9 Å². The zero-order valence-corrected chi connectivity index (χ0v) is 25.3. The largest absolute Gasteiger partial charge is 0.378 e. The van der Waals surface area contributed by atoms with E-state index in [2.05, 4.69) is 25.4 Å². The Kier molecular flexibility index (Phi) is 9.23. The summed E-state index contributed by atoms with van der Waals surface area (Å²) >= 11 is 1.28. The van der Waals surface area contributed by atoms with E-state index in [1.807, 2.05) is 66.0 Å². The Morgan fingerprint density at radius 3 is 2.12 bits per heavy atom. The maximum Gasteiger partial charge on any atom is 0.284 e. The third-order valence-electron chi connectivity index (χ3n) is 7.53. The van der Waals surface area contributed by atoms with Gasteiger partial charge in [-0.05, 0) is 54.1 Å². The summed E-state index contributed by atoms with van der Waals surface area (Å²) in [6.45, 7) is 5.68. The average molecular weight is 616 g/mol. The Hall–Kier alpha value is -3.90. The van der Waals surface area contributed by atoms with E-state index in [1.54, 1.807) is 12.1 Å². The van der Waals surface area contributed by atoms with Crippen molar-refractivity contribution in [1.82, 2.24) is 9.88 Å². The highest BCUT2D eigenvalue weighted by atomic mass is 32.2. The van der Waals surface area contributed by atoms with Gasteiger partial charge in [-0.2, -0.15) is 0 Å². The molecule has 0 spiro atoms. The molecule has 0 atom stereocenters. The summed E-state index contributed by atoms with van der Waals surface area (Å²) in [4.78, 5) is 34.8. The maximum atomic E-state index is 12.9. The molecule has 6 rings (SSSR count). The van der Waals surface area contributed by atoms with E-state index in [0.717, 1.165) is 79.9 Å². The number of amides is 2. The molecule has 0 bridgehead atoms. The molecule has 222 valence electrons. The topological polar surface area (TPSA) is 104 Å². The lowest BCUT2D eigenvalue weighted by Crippen LogP contribution is -2.37. The van der Waals surface area contributed by atoms with Gasteiger partial charge in [0.15, 0.2) is 5.01 Å². The van der Waals surface area contributed by atoms with Crippen molar-refractivity contribution in [2.24, 2.45) is 0 Å². The Balaban J connectivity index is 1.01. The predicted molar refractivity (Wildman–Crippen MR) is 173 cm³/mol. The van der Waals surface area contributed by atoms with E-state index in [4.69, 9.17) is 4.74 Å². The van der Waals surface area contributed by atoms with Gasteiger partial charge in [0.1, 0.15) is 0 Å². The summed E-state index contributed by atoms with van der Waals surface area (Å²) in [7, 11) is -0.684. The van der Waals surface area contributed by atoms with Crippen molar-refractivity contribution in [2.45, 2.75) is 6.54 Å². The normalized spacial score (nSPS) is 16.1. The molecule has 0 saturated carbocycles. The summed E-state index contributed by atoms with van der Waals surface area (Å²) in [6.07, 6.45) is 0. The summed E-state index contributed by atoms with van der Waals surface area (Å²) in [5.41, 5.74) is 5.75. The molecule has 2 fully saturated rings. The highest BCUT2D eigenvalue weighted by Crippen LogP contribution is 2.24. The second kappa shape index (κ2) is 13.6. The van der Waals surface area contributed by atoms with Gasteiger partial charge in [0.25, 0.3) is 11.8 Å². The van der Waals surface area contributed by atoms with Crippen LogP contribution in [0.25, 0.3) is 11.3 Å². The summed E-state index contributed by atoms with van der Waals surface area (Å²) < 4.78 is 17.0. The van der Waals surface area contributed by atoms with Crippen LogP contribution in [0.15, 0.2) is 78.2 Å². The molecular weight excluding hydrogens is 583 g/mol. The maximum absolute atomic E-state index is 12.9. The molecule has 0 aliphatic carbocycles. The van der Waals surface area contributed by atoms with E-state index in [1.165, 1.54) is 11.3 Å². The van der Waals surface area contributed by atoms with Crippen LogP contribution < -0.4 is 15.5 Å². The molecule has 1 aromatic heterocycles. The second-order valence-electron chi connectivity index (χ2n) is 10.5. The Labute approximate surface area is 257 Å². The van der Waals surface area contributed by atoms with Crippen LogP contribution in [0.2, 0.25) is 0 Å². The lowest BCUT2D eigenvalue weighted by atomic mass is 10.1. The minimum absolute atomic E-state index is 0.192. The fraction of sp³-hybridized carbons (Fsp3) is 0.281. The number of rotatable bonds is 8. The molecule has 0 radical (unpaired) electrons. The number of carbonyl (C=O) groups is 2. The predicted octanol–water partition coefficient (Wildman–Crippen LogP) is 4.72. The van der Waals surface area contributed by atoms with Crippen LogP contribution in [0.1, 0.15) is 25.7 Å². The Bertz CT molecular complexity index is 1570. The number of carbonyl (C=O) groups excluding carboxylic acids is 2. The van der Waals surface area contributed by atoms with Crippen molar-refractivity contribution in [3.8, 4) is 11.3 Å². The molecule has 11 heteroatoms. The average Bonchev–Trinajstić information content (AvgIpc) is 3.55. The van der Waals surface area contributed by atoms with Crippen LogP contribution in [0.5, 0.6) is 0 Å². The number of hydrogen-bond acceptors (Lipinski definition) is 8. The first-order valence-electron chi connectivity index (χ1n) is 14.3. The summed E-state index contributed by atoms with van der Waals surface area (Å²) in [5, 5.41) is 8.08. The molecule has 2 amide bonds. The molecule has 3 heterocycles.